The molecule has 2 rings (SSSR count). The summed E-state index contributed by atoms with van der Waals surface area (Å²) in [6, 6.07) is 4.03. The number of non-ortho nitro benzene ring substituents is 1. The van der Waals surface area contributed by atoms with Gasteiger partial charge in [-0.25, -0.2) is 0 Å². The van der Waals surface area contributed by atoms with Gasteiger partial charge in [-0.05, 0) is 22.0 Å². The Morgan fingerprint density at radius 1 is 1.61 bits per heavy atom. The summed E-state index contributed by atoms with van der Waals surface area (Å²) in [7, 11) is 0. The Bertz CT molecular complexity index is 491. The molecule has 0 radical (unpaired) electrons. The lowest BCUT2D eigenvalue weighted by Gasteiger charge is -2.11. The second-order valence-corrected chi connectivity index (χ2v) is 5.57. The fourth-order valence-electron chi connectivity index (χ4n) is 1.50. The fraction of sp³-hybridized carbons (Fsp3) is 0.300. The Morgan fingerprint density at radius 3 is 2.94 bits per heavy atom. The summed E-state index contributed by atoms with van der Waals surface area (Å²) in [5.41, 5.74) is 0.513. The molecule has 1 aromatic carbocycles. The molecule has 18 heavy (non-hydrogen) atoms. The number of thioether (sulfide) groups is 1. The Kier molecular flexibility index (Phi) is 4.20. The molecule has 1 saturated heterocycles. The number of carbonyl (C=O) groups is 1. The number of halogens is 1. The largest absolute Gasteiger partial charge is 0.324 e. The number of hydrogen-bond acceptors (Lipinski definition) is 5. The molecule has 1 fully saturated rings. The minimum atomic E-state index is -0.481. The average Bonchev–Trinajstić information content (AvgIpc) is 2.85. The molecule has 1 aliphatic rings. The van der Waals surface area contributed by atoms with Crippen LogP contribution in [-0.4, -0.2) is 28.5 Å². The molecular formula is C10H10BrN3O3S. The SMILES string of the molecule is O=C(Nc1ccc([N+](=O)[O-])cc1Br)C1CSCN1. The van der Waals surface area contributed by atoms with Crippen molar-refractivity contribution in [3.8, 4) is 0 Å². The lowest BCUT2D eigenvalue weighted by atomic mass is 10.2. The van der Waals surface area contributed by atoms with E-state index in [0.717, 1.165) is 11.6 Å². The Balaban J connectivity index is 2.09. The molecule has 96 valence electrons. The summed E-state index contributed by atoms with van der Waals surface area (Å²) in [6.45, 7) is 0. The average molecular weight is 332 g/mol. The molecule has 1 heterocycles. The van der Waals surface area contributed by atoms with Crippen LogP contribution < -0.4 is 10.6 Å². The quantitative estimate of drug-likeness (QED) is 0.653. The Labute approximate surface area is 116 Å². The van der Waals surface area contributed by atoms with Crippen LogP contribution in [-0.2, 0) is 4.79 Å². The van der Waals surface area contributed by atoms with Crippen LogP contribution in [0, 0.1) is 10.1 Å². The van der Waals surface area contributed by atoms with E-state index in [9.17, 15) is 14.9 Å². The van der Waals surface area contributed by atoms with Crippen LogP contribution in [0.2, 0.25) is 0 Å². The molecule has 0 bridgehead atoms. The van der Waals surface area contributed by atoms with Crippen molar-refractivity contribution in [2.75, 3.05) is 16.9 Å². The minimum absolute atomic E-state index is 0.0191. The van der Waals surface area contributed by atoms with Gasteiger partial charge in [-0.15, -0.1) is 11.8 Å². The third-order valence-corrected chi connectivity index (χ3v) is 4.05. The highest BCUT2D eigenvalue weighted by Gasteiger charge is 2.23. The lowest BCUT2D eigenvalue weighted by Crippen LogP contribution is -2.37. The summed E-state index contributed by atoms with van der Waals surface area (Å²) < 4.78 is 0.496. The summed E-state index contributed by atoms with van der Waals surface area (Å²) in [6.07, 6.45) is 0. The van der Waals surface area contributed by atoms with E-state index in [0.29, 0.717) is 10.2 Å². The lowest BCUT2D eigenvalue weighted by molar-refractivity contribution is -0.384. The zero-order valence-corrected chi connectivity index (χ0v) is 11.6. The molecule has 1 unspecified atom stereocenters. The van der Waals surface area contributed by atoms with Gasteiger partial charge < -0.3 is 5.32 Å². The predicted octanol–water partition coefficient (Wildman–Crippen LogP) is 1.96. The van der Waals surface area contributed by atoms with Crippen LogP contribution >= 0.6 is 27.7 Å². The first kappa shape index (κ1) is 13.3. The molecule has 0 aromatic heterocycles. The zero-order chi connectivity index (χ0) is 13.1. The maximum atomic E-state index is 11.8. The van der Waals surface area contributed by atoms with Gasteiger partial charge in [0.1, 0.15) is 0 Å². The van der Waals surface area contributed by atoms with Gasteiger partial charge in [-0.2, -0.15) is 0 Å². The molecule has 2 N–H and O–H groups in total. The van der Waals surface area contributed by atoms with Crippen LogP contribution in [0.15, 0.2) is 22.7 Å². The number of nitrogens with one attached hydrogen (secondary N) is 2. The van der Waals surface area contributed by atoms with Crippen molar-refractivity contribution in [1.29, 1.82) is 0 Å². The molecule has 6 nitrogen and oxygen atoms in total. The highest BCUT2D eigenvalue weighted by molar-refractivity contribution is 9.10. The summed E-state index contributed by atoms with van der Waals surface area (Å²) in [5, 5.41) is 16.4. The van der Waals surface area contributed by atoms with Crippen molar-refractivity contribution in [1.82, 2.24) is 5.32 Å². The van der Waals surface area contributed by atoms with Crippen molar-refractivity contribution in [2.45, 2.75) is 6.04 Å². The molecule has 1 aromatic rings. The molecule has 1 amide bonds. The molecule has 0 saturated carbocycles. The number of hydrogen-bond donors (Lipinski definition) is 2. The van der Waals surface area contributed by atoms with E-state index in [4.69, 9.17) is 0 Å². The number of carbonyl (C=O) groups excluding carboxylic acids is 1. The molecule has 0 aliphatic carbocycles. The van der Waals surface area contributed by atoms with E-state index in [1.807, 2.05) is 0 Å². The van der Waals surface area contributed by atoms with Crippen molar-refractivity contribution < 1.29 is 9.72 Å². The van der Waals surface area contributed by atoms with Crippen LogP contribution in [0.3, 0.4) is 0 Å². The van der Waals surface area contributed by atoms with Gasteiger partial charge in [0, 0.05) is 28.2 Å². The van der Waals surface area contributed by atoms with Gasteiger partial charge in [-0.1, -0.05) is 0 Å². The molecule has 0 spiro atoms. The number of nitro groups is 1. The van der Waals surface area contributed by atoms with Crippen LogP contribution in [0.25, 0.3) is 0 Å². The summed E-state index contributed by atoms with van der Waals surface area (Å²) in [5.74, 6) is 1.37. The van der Waals surface area contributed by atoms with Crippen molar-refractivity contribution in [2.24, 2.45) is 0 Å². The standard InChI is InChI=1S/C10H10BrN3O3S/c11-7-3-6(14(16)17)1-2-8(7)13-10(15)9-4-18-5-12-9/h1-3,9,12H,4-5H2,(H,13,15). The van der Waals surface area contributed by atoms with Gasteiger partial charge in [-0.3, -0.25) is 20.2 Å². The molecular weight excluding hydrogens is 322 g/mol. The van der Waals surface area contributed by atoms with Crippen LogP contribution in [0.1, 0.15) is 0 Å². The second kappa shape index (κ2) is 5.68. The first-order valence-corrected chi connectivity index (χ1v) is 7.08. The first-order chi connectivity index (χ1) is 8.58. The van der Waals surface area contributed by atoms with Gasteiger partial charge in [0.25, 0.3) is 5.69 Å². The maximum Gasteiger partial charge on any atom is 0.270 e. The third kappa shape index (κ3) is 3.01. The first-order valence-electron chi connectivity index (χ1n) is 5.14. The fourth-order valence-corrected chi connectivity index (χ4v) is 2.91. The highest BCUT2D eigenvalue weighted by atomic mass is 79.9. The number of benzene rings is 1. The van der Waals surface area contributed by atoms with Crippen LogP contribution in [0.4, 0.5) is 11.4 Å². The number of rotatable bonds is 3. The van der Waals surface area contributed by atoms with E-state index in [1.54, 1.807) is 11.8 Å². The van der Waals surface area contributed by atoms with Crippen molar-refractivity contribution in [3.63, 3.8) is 0 Å². The summed E-state index contributed by atoms with van der Waals surface area (Å²) in [4.78, 5) is 21.9. The summed E-state index contributed by atoms with van der Waals surface area (Å²) >= 11 is 4.87. The van der Waals surface area contributed by atoms with Gasteiger partial charge in [0.15, 0.2) is 0 Å². The van der Waals surface area contributed by atoms with Crippen molar-refractivity contribution >= 4 is 45.0 Å². The van der Waals surface area contributed by atoms with E-state index in [1.165, 1.54) is 18.2 Å². The third-order valence-electron chi connectivity index (χ3n) is 2.45. The topological polar surface area (TPSA) is 84.3 Å². The Hall–Kier alpha value is -1.12. The van der Waals surface area contributed by atoms with E-state index < -0.39 is 4.92 Å². The molecule has 8 heteroatoms. The van der Waals surface area contributed by atoms with E-state index in [-0.39, 0.29) is 17.6 Å². The van der Waals surface area contributed by atoms with E-state index in [2.05, 4.69) is 26.6 Å². The highest BCUT2D eigenvalue weighted by Crippen LogP contribution is 2.27. The number of nitro benzene ring substituents is 1. The van der Waals surface area contributed by atoms with Gasteiger partial charge >= 0.3 is 0 Å². The number of nitrogens with zero attached hydrogens (tertiary/aromatic N) is 1. The van der Waals surface area contributed by atoms with Gasteiger partial charge in [0.05, 0.1) is 16.7 Å². The van der Waals surface area contributed by atoms with Crippen LogP contribution in [0.5, 0.6) is 0 Å². The predicted molar refractivity (Wildman–Crippen MR) is 73.7 cm³/mol. The maximum absolute atomic E-state index is 11.8. The molecule has 1 atom stereocenters. The monoisotopic (exact) mass is 331 g/mol. The normalized spacial score (nSPS) is 18.6. The second-order valence-electron chi connectivity index (χ2n) is 3.68. The molecule has 1 aliphatic heterocycles. The smallest absolute Gasteiger partial charge is 0.270 e. The minimum Gasteiger partial charge on any atom is -0.324 e. The number of amides is 1. The van der Waals surface area contributed by atoms with Gasteiger partial charge in [0.2, 0.25) is 5.91 Å². The zero-order valence-electron chi connectivity index (χ0n) is 9.18. The number of anilines is 1. The van der Waals surface area contributed by atoms with E-state index >= 15 is 0 Å². The van der Waals surface area contributed by atoms with Crippen molar-refractivity contribution in [3.05, 3.63) is 32.8 Å². The Morgan fingerprint density at radius 2 is 2.39 bits per heavy atom.